The van der Waals surface area contributed by atoms with Crippen molar-refractivity contribution in [1.82, 2.24) is 0 Å². The summed E-state index contributed by atoms with van der Waals surface area (Å²) in [6.45, 7) is 4.04. The van der Waals surface area contributed by atoms with E-state index in [0.717, 1.165) is 0 Å². The van der Waals surface area contributed by atoms with Crippen LogP contribution < -0.4 is 11.5 Å². The summed E-state index contributed by atoms with van der Waals surface area (Å²) in [5, 5.41) is 8.48. The summed E-state index contributed by atoms with van der Waals surface area (Å²) in [6.07, 6.45) is 3.28. The lowest BCUT2D eigenvalue weighted by Gasteiger charge is -2.03. The lowest BCUT2D eigenvalue weighted by Crippen LogP contribution is -2.30. The fourth-order valence-electron chi connectivity index (χ4n) is 0.870. The maximum Gasteiger partial charge on any atom is 0.320 e. The minimum absolute atomic E-state index is 0. The van der Waals surface area contributed by atoms with Gasteiger partial charge in [-0.15, -0.1) is 19.0 Å². The molecular formula is C10H22ClN3O2. The van der Waals surface area contributed by atoms with E-state index < -0.39 is 12.0 Å². The first-order valence-electron chi connectivity index (χ1n) is 4.46. The number of carboxylic acids is 1. The van der Waals surface area contributed by atoms with Crippen LogP contribution in [0.2, 0.25) is 0 Å². The Hall–Kier alpha value is -1.07. The molecule has 0 saturated carbocycles. The Kier molecular flexibility index (Phi) is 15.3. The summed E-state index contributed by atoms with van der Waals surface area (Å²) < 4.78 is 0. The molecule has 0 rings (SSSR count). The van der Waals surface area contributed by atoms with Gasteiger partial charge in [-0.25, -0.2) is 0 Å². The van der Waals surface area contributed by atoms with Crippen molar-refractivity contribution >= 4 is 24.2 Å². The van der Waals surface area contributed by atoms with Crippen LogP contribution in [0.4, 0.5) is 0 Å². The summed E-state index contributed by atoms with van der Waals surface area (Å²) >= 11 is 0. The normalized spacial score (nSPS) is 11.9. The van der Waals surface area contributed by atoms with E-state index in [-0.39, 0.29) is 19.8 Å². The zero-order valence-corrected chi connectivity index (χ0v) is 9.37. The van der Waals surface area contributed by atoms with Gasteiger partial charge in [0.2, 0.25) is 0 Å². The van der Waals surface area contributed by atoms with Crippen LogP contribution in [0, 0.1) is 0 Å². The first-order valence-corrected chi connectivity index (χ1v) is 4.46. The molecule has 5 nitrogen and oxygen atoms in total. The second kappa shape index (κ2) is 12.0. The molecule has 6 heteroatoms. The van der Waals surface area contributed by atoms with Gasteiger partial charge in [0.1, 0.15) is 6.04 Å². The van der Waals surface area contributed by atoms with Gasteiger partial charge in [-0.1, -0.05) is 13.5 Å². The summed E-state index contributed by atoms with van der Waals surface area (Å²) in [5.74, 6) is -0.461. The van der Waals surface area contributed by atoms with Crippen molar-refractivity contribution in [2.24, 2.45) is 16.5 Å². The molecule has 0 amide bonds. The third kappa shape index (κ3) is 11.0. The van der Waals surface area contributed by atoms with Crippen molar-refractivity contribution in [2.45, 2.75) is 32.7 Å². The van der Waals surface area contributed by atoms with Gasteiger partial charge in [0.05, 0.1) is 5.84 Å². The number of hydrogen-bond donors (Lipinski definition) is 3. The smallest absolute Gasteiger partial charge is 0.320 e. The van der Waals surface area contributed by atoms with Crippen LogP contribution in [-0.4, -0.2) is 29.5 Å². The molecular weight excluding hydrogens is 230 g/mol. The third-order valence-electron chi connectivity index (χ3n) is 1.66. The van der Waals surface area contributed by atoms with E-state index in [1.807, 2.05) is 0 Å². The van der Waals surface area contributed by atoms with Crippen LogP contribution in [0.5, 0.6) is 0 Å². The molecule has 0 fully saturated rings. The van der Waals surface area contributed by atoms with Gasteiger partial charge < -0.3 is 16.6 Å². The number of aliphatic carboxylic acids is 1. The van der Waals surface area contributed by atoms with Gasteiger partial charge in [0, 0.05) is 13.0 Å². The number of carboxylic acid groups (broad SMARTS) is 1. The van der Waals surface area contributed by atoms with E-state index in [1.54, 1.807) is 6.08 Å². The fraction of sp³-hybridized carbons (Fsp3) is 0.600. The number of rotatable bonds is 7. The molecule has 0 aliphatic heterocycles. The minimum atomic E-state index is -0.979. The Morgan fingerprint density at radius 1 is 1.56 bits per heavy atom. The van der Waals surface area contributed by atoms with E-state index in [4.69, 9.17) is 16.6 Å². The summed E-state index contributed by atoms with van der Waals surface area (Å²) in [6, 6.07) is -0.800. The topological polar surface area (TPSA) is 102 Å². The predicted octanol–water partition coefficient (Wildman–Crippen LogP) is 1.17. The van der Waals surface area contributed by atoms with Crippen LogP contribution in [-0.2, 0) is 4.79 Å². The van der Waals surface area contributed by atoms with Crippen LogP contribution in [0.1, 0.15) is 26.7 Å². The Morgan fingerprint density at radius 3 is 2.56 bits per heavy atom. The standard InChI is InChI=1S/C9H17N3O2.CH4.ClH/c1-2-4-8(11)12-6-3-5-7(10)9(13)14;;/h2,7H,1,3-6,10H2,(H2,11,12)(H,13,14);1H4;1H/t7-;;/m0../s1. The van der Waals surface area contributed by atoms with Crippen molar-refractivity contribution in [1.29, 1.82) is 0 Å². The highest BCUT2D eigenvalue weighted by Crippen LogP contribution is 1.95. The Labute approximate surface area is 103 Å². The second-order valence-electron chi connectivity index (χ2n) is 2.95. The molecule has 16 heavy (non-hydrogen) atoms. The average Bonchev–Trinajstić information content (AvgIpc) is 2.12. The van der Waals surface area contributed by atoms with Crippen molar-refractivity contribution in [2.75, 3.05) is 6.54 Å². The Balaban J connectivity index is -0.000000845. The minimum Gasteiger partial charge on any atom is -0.480 e. The van der Waals surface area contributed by atoms with Crippen LogP contribution >= 0.6 is 12.4 Å². The molecule has 0 bridgehead atoms. The summed E-state index contributed by atoms with van der Waals surface area (Å²) in [7, 11) is 0. The van der Waals surface area contributed by atoms with E-state index in [9.17, 15) is 4.79 Å². The van der Waals surface area contributed by atoms with Gasteiger partial charge in [-0.2, -0.15) is 0 Å². The molecule has 0 aromatic rings. The number of nitrogens with two attached hydrogens (primary N) is 2. The number of carbonyl (C=O) groups is 1. The second-order valence-corrected chi connectivity index (χ2v) is 2.95. The molecule has 5 N–H and O–H groups in total. The molecule has 0 unspecified atom stereocenters. The van der Waals surface area contributed by atoms with E-state index >= 15 is 0 Å². The van der Waals surface area contributed by atoms with Crippen LogP contribution in [0.3, 0.4) is 0 Å². The third-order valence-corrected chi connectivity index (χ3v) is 1.66. The molecule has 0 heterocycles. The molecule has 96 valence electrons. The summed E-state index contributed by atoms with van der Waals surface area (Å²) in [4.78, 5) is 14.4. The molecule has 0 aromatic heterocycles. The predicted molar refractivity (Wildman–Crippen MR) is 70.1 cm³/mol. The molecule has 0 aliphatic rings. The number of nitrogens with zero attached hydrogens (tertiary/aromatic N) is 1. The number of amidine groups is 1. The van der Waals surface area contributed by atoms with Crippen molar-refractivity contribution < 1.29 is 9.90 Å². The largest absolute Gasteiger partial charge is 0.480 e. The quantitative estimate of drug-likeness (QED) is 0.274. The zero-order valence-electron chi connectivity index (χ0n) is 8.56. The zero-order chi connectivity index (χ0) is 11.0. The maximum atomic E-state index is 10.3. The van der Waals surface area contributed by atoms with Crippen LogP contribution in [0.15, 0.2) is 17.6 Å². The Bertz CT molecular complexity index is 232. The molecule has 0 aromatic carbocycles. The molecule has 0 aliphatic carbocycles. The van der Waals surface area contributed by atoms with Gasteiger partial charge >= 0.3 is 5.97 Å². The average molecular weight is 252 g/mol. The SMILES string of the molecule is C.C=CCC(N)=NCCC[C@H](N)C(=O)O.Cl. The number of hydrogen-bond acceptors (Lipinski definition) is 3. The number of aliphatic imine (C=N–C) groups is 1. The van der Waals surface area contributed by atoms with E-state index in [0.29, 0.717) is 31.6 Å². The summed E-state index contributed by atoms with van der Waals surface area (Å²) in [5.41, 5.74) is 10.8. The molecule has 0 radical (unpaired) electrons. The van der Waals surface area contributed by atoms with Gasteiger partial charge in [-0.05, 0) is 12.8 Å². The van der Waals surface area contributed by atoms with Gasteiger partial charge in [0.15, 0.2) is 0 Å². The van der Waals surface area contributed by atoms with Crippen molar-refractivity contribution in [3.63, 3.8) is 0 Å². The molecule has 0 spiro atoms. The highest BCUT2D eigenvalue weighted by molar-refractivity contribution is 5.85. The maximum absolute atomic E-state index is 10.3. The highest BCUT2D eigenvalue weighted by atomic mass is 35.5. The molecule has 1 atom stereocenters. The Morgan fingerprint density at radius 2 is 2.12 bits per heavy atom. The number of halogens is 1. The first-order chi connectivity index (χ1) is 6.57. The van der Waals surface area contributed by atoms with Gasteiger partial charge in [-0.3, -0.25) is 9.79 Å². The van der Waals surface area contributed by atoms with Crippen molar-refractivity contribution in [3.8, 4) is 0 Å². The highest BCUT2D eigenvalue weighted by Gasteiger charge is 2.09. The van der Waals surface area contributed by atoms with E-state index in [1.165, 1.54) is 0 Å². The van der Waals surface area contributed by atoms with Gasteiger partial charge in [0.25, 0.3) is 0 Å². The van der Waals surface area contributed by atoms with Crippen molar-refractivity contribution in [3.05, 3.63) is 12.7 Å². The first kappa shape index (κ1) is 20.4. The van der Waals surface area contributed by atoms with Crippen LogP contribution in [0.25, 0.3) is 0 Å². The molecule has 0 saturated heterocycles. The van der Waals surface area contributed by atoms with E-state index in [2.05, 4.69) is 11.6 Å². The lowest BCUT2D eigenvalue weighted by atomic mass is 10.2. The monoisotopic (exact) mass is 251 g/mol. The fourth-order valence-corrected chi connectivity index (χ4v) is 0.870. The lowest BCUT2D eigenvalue weighted by molar-refractivity contribution is -0.138.